The quantitative estimate of drug-likeness (QED) is 0.702. The molecular formula is C16H13BrN2. The number of halogens is 1. The van der Waals surface area contributed by atoms with Gasteiger partial charge in [0.25, 0.3) is 0 Å². The van der Waals surface area contributed by atoms with E-state index in [9.17, 15) is 0 Å². The molecular weight excluding hydrogens is 300 g/mol. The van der Waals surface area contributed by atoms with E-state index in [4.69, 9.17) is 0 Å². The maximum atomic E-state index is 4.42. The van der Waals surface area contributed by atoms with E-state index in [-0.39, 0.29) is 0 Å². The molecule has 0 aliphatic carbocycles. The van der Waals surface area contributed by atoms with E-state index in [1.165, 1.54) is 11.1 Å². The van der Waals surface area contributed by atoms with Crippen LogP contribution in [0.15, 0.2) is 71.5 Å². The van der Waals surface area contributed by atoms with E-state index >= 15 is 0 Å². The molecule has 0 amide bonds. The summed E-state index contributed by atoms with van der Waals surface area (Å²) in [6.45, 7) is 0.792. The third-order valence-corrected chi connectivity index (χ3v) is 3.53. The summed E-state index contributed by atoms with van der Waals surface area (Å²) in [5.41, 5.74) is 3.59. The number of benzene rings is 2. The van der Waals surface area contributed by atoms with Crippen LogP contribution in [0.5, 0.6) is 0 Å². The summed E-state index contributed by atoms with van der Waals surface area (Å²) in [7, 11) is 0. The maximum Gasteiger partial charge on any atom is 0.0659 e. The Morgan fingerprint density at radius 3 is 2.37 bits per heavy atom. The molecule has 0 radical (unpaired) electrons. The van der Waals surface area contributed by atoms with Crippen molar-refractivity contribution in [2.45, 2.75) is 6.54 Å². The molecule has 3 aromatic rings. The SMILES string of the molecule is Brc1ccc(Cn2cc(-c3ccccc3)cn2)cc1. The lowest BCUT2D eigenvalue weighted by Gasteiger charge is -2.01. The Morgan fingerprint density at radius 2 is 1.63 bits per heavy atom. The second kappa shape index (κ2) is 5.41. The average molecular weight is 313 g/mol. The first-order valence-corrected chi connectivity index (χ1v) is 6.93. The van der Waals surface area contributed by atoms with Crippen LogP contribution in [0.25, 0.3) is 11.1 Å². The van der Waals surface area contributed by atoms with Crippen molar-refractivity contribution in [2.24, 2.45) is 0 Å². The fourth-order valence-corrected chi connectivity index (χ4v) is 2.27. The highest BCUT2D eigenvalue weighted by Gasteiger charge is 2.01. The number of nitrogens with zero attached hydrogens (tertiary/aromatic N) is 2. The molecule has 1 heterocycles. The van der Waals surface area contributed by atoms with E-state index < -0.39 is 0 Å². The summed E-state index contributed by atoms with van der Waals surface area (Å²) >= 11 is 3.44. The molecule has 94 valence electrons. The second-order valence-electron chi connectivity index (χ2n) is 4.42. The van der Waals surface area contributed by atoms with Gasteiger partial charge < -0.3 is 0 Å². The molecule has 19 heavy (non-hydrogen) atoms. The van der Waals surface area contributed by atoms with Gasteiger partial charge in [-0.05, 0) is 23.3 Å². The molecule has 2 nitrogen and oxygen atoms in total. The van der Waals surface area contributed by atoms with Crippen molar-refractivity contribution >= 4 is 15.9 Å². The van der Waals surface area contributed by atoms with E-state index in [0.29, 0.717) is 0 Å². The first kappa shape index (κ1) is 12.2. The van der Waals surface area contributed by atoms with Crippen molar-refractivity contribution < 1.29 is 0 Å². The lowest BCUT2D eigenvalue weighted by Crippen LogP contribution is -1.99. The van der Waals surface area contributed by atoms with Gasteiger partial charge in [-0.3, -0.25) is 4.68 Å². The molecule has 1 aromatic heterocycles. The summed E-state index contributed by atoms with van der Waals surface area (Å²) in [6, 6.07) is 18.6. The molecule has 0 aliphatic rings. The minimum absolute atomic E-state index is 0.792. The van der Waals surface area contributed by atoms with Crippen LogP contribution >= 0.6 is 15.9 Å². The summed E-state index contributed by atoms with van der Waals surface area (Å²) in [5, 5.41) is 4.42. The topological polar surface area (TPSA) is 17.8 Å². The number of rotatable bonds is 3. The van der Waals surface area contributed by atoms with Gasteiger partial charge in [0.2, 0.25) is 0 Å². The normalized spacial score (nSPS) is 10.6. The molecule has 2 aromatic carbocycles. The van der Waals surface area contributed by atoms with Crippen molar-refractivity contribution in [3.05, 3.63) is 77.0 Å². The fraction of sp³-hybridized carbons (Fsp3) is 0.0625. The molecule has 3 heteroatoms. The highest BCUT2D eigenvalue weighted by atomic mass is 79.9. The largest absolute Gasteiger partial charge is 0.268 e. The zero-order chi connectivity index (χ0) is 13.1. The van der Waals surface area contributed by atoms with Crippen LogP contribution in [0.1, 0.15) is 5.56 Å². The Bertz CT molecular complexity index is 657. The summed E-state index contributed by atoms with van der Waals surface area (Å²) in [5.74, 6) is 0. The Morgan fingerprint density at radius 1 is 0.895 bits per heavy atom. The van der Waals surface area contributed by atoms with Crippen LogP contribution in [-0.2, 0) is 6.54 Å². The first-order chi connectivity index (χ1) is 9.31. The van der Waals surface area contributed by atoms with Gasteiger partial charge in [-0.25, -0.2) is 0 Å². The lowest BCUT2D eigenvalue weighted by molar-refractivity contribution is 0.687. The Labute approximate surface area is 120 Å². The van der Waals surface area contributed by atoms with Crippen molar-refractivity contribution in [2.75, 3.05) is 0 Å². The minimum atomic E-state index is 0.792. The zero-order valence-corrected chi connectivity index (χ0v) is 11.9. The van der Waals surface area contributed by atoms with Crippen molar-refractivity contribution in [1.82, 2.24) is 9.78 Å². The van der Waals surface area contributed by atoms with Crippen molar-refractivity contribution in [3.63, 3.8) is 0 Å². The molecule has 0 unspecified atom stereocenters. The first-order valence-electron chi connectivity index (χ1n) is 6.13. The predicted octanol–water partition coefficient (Wildman–Crippen LogP) is 4.36. The van der Waals surface area contributed by atoms with Gasteiger partial charge in [0.15, 0.2) is 0 Å². The van der Waals surface area contributed by atoms with Gasteiger partial charge >= 0.3 is 0 Å². The molecule has 0 aliphatic heterocycles. The van der Waals surface area contributed by atoms with Gasteiger partial charge in [0.05, 0.1) is 12.7 Å². The second-order valence-corrected chi connectivity index (χ2v) is 5.33. The van der Waals surface area contributed by atoms with E-state index in [0.717, 1.165) is 16.6 Å². The van der Waals surface area contributed by atoms with Crippen LogP contribution in [0, 0.1) is 0 Å². The summed E-state index contributed by atoms with van der Waals surface area (Å²) < 4.78 is 3.06. The number of aromatic nitrogens is 2. The Kier molecular flexibility index (Phi) is 3.47. The van der Waals surface area contributed by atoms with Crippen LogP contribution in [0.4, 0.5) is 0 Å². The Balaban J connectivity index is 1.80. The highest BCUT2D eigenvalue weighted by Crippen LogP contribution is 2.18. The van der Waals surface area contributed by atoms with E-state index in [2.05, 4.69) is 63.6 Å². The molecule has 0 fully saturated rings. The molecule has 0 saturated heterocycles. The molecule has 0 N–H and O–H groups in total. The third-order valence-electron chi connectivity index (χ3n) is 3.00. The predicted molar refractivity (Wildman–Crippen MR) is 80.9 cm³/mol. The molecule has 0 atom stereocenters. The summed E-state index contributed by atoms with van der Waals surface area (Å²) in [4.78, 5) is 0. The van der Waals surface area contributed by atoms with Crippen molar-refractivity contribution in [3.8, 4) is 11.1 Å². The van der Waals surface area contributed by atoms with Gasteiger partial charge in [-0.2, -0.15) is 5.10 Å². The monoisotopic (exact) mass is 312 g/mol. The van der Waals surface area contributed by atoms with Crippen LogP contribution < -0.4 is 0 Å². The zero-order valence-electron chi connectivity index (χ0n) is 10.3. The molecule has 0 bridgehead atoms. The summed E-state index contributed by atoms with van der Waals surface area (Å²) in [6.07, 6.45) is 3.99. The van der Waals surface area contributed by atoms with Crippen LogP contribution in [-0.4, -0.2) is 9.78 Å². The number of hydrogen-bond donors (Lipinski definition) is 0. The average Bonchev–Trinajstić information content (AvgIpc) is 2.91. The van der Waals surface area contributed by atoms with Gasteiger partial charge in [-0.1, -0.05) is 58.4 Å². The smallest absolute Gasteiger partial charge is 0.0659 e. The third kappa shape index (κ3) is 2.93. The maximum absolute atomic E-state index is 4.42. The van der Waals surface area contributed by atoms with Gasteiger partial charge in [0.1, 0.15) is 0 Å². The standard InChI is InChI=1S/C16H13BrN2/c17-16-8-6-13(7-9-16)11-19-12-15(10-18-19)14-4-2-1-3-5-14/h1-10,12H,11H2. The van der Waals surface area contributed by atoms with Crippen LogP contribution in [0.3, 0.4) is 0 Å². The minimum Gasteiger partial charge on any atom is -0.268 e. The molecule has 0 spiro atoms. The highest BCUT2D eigenvalue weighted by molar-refractivity contribution is 9.10. The van der Waals surface area contributed by atoms with Gasteiger partial charge in [-0.15, -0.1) is 0 Å². The lowest BCUT2D eigenvalue weighted by atomic mass is 10.1. The molecule has 0 saturated carbocycles. The Hall–Kier alpha value is -1.87. The fourth-order valence-electron chi connectivity index (χ4n) is 2.01. The van der Waals surface area contributed by atoms with Crippen molar-refractivity contribution in [1.29, 1.82) is 0 Å². The number of hydrogen-bond acceptors (Lipinski definition) is 1. The van der Waals surface area contributed by atoms with E-state index in [1.54, 1.807) is 0 Å². The van der Waals surface area contributed by atoms with E-state index in [1.807, 2.05) is 29.1 Å². The van der Waals surface area contributed by atoms with Gasteiger partial charge in [0, 0.05) is 16.2 Å². The molecule has 3 rings (SSSR count). The van der Waals surface area contributed by atoms with Crippen LogP contribution in [0.2, 0.25) is 0 Å².